The highest BCUT2D eigenvalue weighted by molar-refractivity contribution is 8.00. The maximum Gasteiger partial charge on any atom is 0.311 e. The van der Waals surface area contributed by atoms with Crippen molar-refractivity contribution in [2.75, 3.05) is 7.11 Å². The summed E-state index contributed by atoms with van der Waals surface area (Å²) in [4.78, 5) is 18.7. The van der Waals surface area contributed by atoms with Crippen LogP contribution in [0.2, 0.25) is 10.0 Å². The van der Waals surface area contributed by atoms with E-state index < -0.39 is 5.41 Å². The molecule has 0 spiro atoms. The van der Waals surface area contributed by atoms with E-state index in [1.807, 2.05) is 80.3 Å². The van der Waals surface area contributed by atoms with Crippen molar-refractivity contribution in [3.63, 3.8) is 0 Å². The Kier molecular flexibility index (Phi) is 8.69. The second-order valence-corrected chi connectivity index (χ2v) is 14.2. The summed E-state index contributed by atoms with van der Waals surface area (Å²) in [6, 6.07) is 24.0. The number of rotatable bonds is 9. The third-order valence-electron chi connectivity index (χ3n) is 8.14. The molecule has 3 aromatic carbocycles. The maximum absolute atomic E-state index is 12.8. The zero-order valence-electron chi connectivity index (χ0n) is 25.2. The van der Waals surface area contributed by atoms with Crippen LogP contribution in [0.3, 0.4) is 0 Å². The van der Waals surface area contributed by atoms with E-state index in [1.54, 1.807) is 0 Å². The zero-order valence-corrected chi connectivity index (χ0v) is 27.5. The quantitative estimate of drug-likeness (QED) is 0.150. The van der Waals surface area contributed by atoms with Gasteiger partial charge in [0.2, 0.25) is 0 Å². The van der Waals surface area contributed by atoms with Crippen LogP contribution in [0.15, 0.2) is 83.9 Å². The molecule has 0 N–H and O–H groups in total. The number of nitrogens with zero attached hydrogens (tertiary/aromatic N) is 2. The summed E-state index contributed by atoms with van der Waals surface area (Å²) in [6.07, 6.45) is 3.23. The van der Waals surface area contributed by atoms with E-state index in [4.69, 9.17) is 32.7 Å². The Hall–Kier alpha value is -3.45. The van der Waals surface area contributed by atoms with Crippen LogP contribution in [0.5, 0.6) is 5.75 Å². The first-order valence-electron chi connectivity index (χ1n) is 14.6. The van der Waals surface area contributed by atoms with Crippen LogP contribution >= 0.6 is 35.0 Å². The van der Waals surface area contributed by atoms with E-state index in [2.05, 4.69) is 40.7 Å². The van der Waals surface area contributed by atoms with Crippen LogP contribution in [0.1, 0.15) is 43.3 Å². The lowest BCUT2D eigenvalue weighted by molar-refractivity contribution is -0.150. The highest BCUT2D eigenvalue weighted by atomic mass is 35.5. The normalized spacial score (nSPS) is 14.5. The second kappa shape index (κ2) is 12.5. The second-order valence-electron chi connectivity index (χ2n) is 11.9. The molecule has 0 bridgehead atoms. The van der Waals surface area contributed by atoms with Gasteiger partial charge in [-0.3, -0.25) is 9.78 Å². The van der Waals surface area contributed by atoms with Crippen molar-refractivity contribution in [3.8, 4) is 16.9 Å². The van der Waals surface area contributed by atoms with Gasteiger partial charge in [0, 0.05) is 56.5 Å². The monoisotopic (exact) mass is 644 g/mol. The van der Waals surface area contributed by atoms with Gasteiger partial charge in [0.15, 0.2) is 0 Å². The van der Waals surface area contributed by atoms with Gasteiger partial charge in [-0.05, 0) is 61.7 Å². The SMILES string of the molecule is COC(=O)C(C)(C)Cc1c2c3c(c(OCc4cc(Cl)c(-c5ccccc5)cn4)ccc3n1Cc1ccc(Cl)cc1)CC(C)S2. The van der Waals surface area contributed by atoms with Crippen LogP contribution in [-0.4, -0.2) is 27.9 Å². The van der Waals surface area contributed by atoms with Crippen LogP contribution in [-0.2, 0) is 35.5 Å². The first kappa shape index (κ1) is 30.6. The van der Waals surface area contributed by atoms with Crippen molar-refractivity contribution in [1.29, 1.82) is 0 Å². The summed E-state index contributed by atoms with van der Waals surface area (Å²) in [5, 5.41) is 2.88. The molecule has 8 heteroatoms. The number of pyridine rings is 1. The van der Waals surface area contributed by atoms with Gasteiger partial charge in [-0.2, -0.15) is 0 Å². The molecule has 44 heavy (non-hydrogen) atoms. The van der Waals surface area contributed by atoms with Crippen molar-refractivity contribution in [2.24, 2.45) is 5.41 Å². The number of methoxy groups -OCH3 is 1. The number of halogens is 2. The van der Waals surface area contributed by atoms with Gasteiger partial charge in [-0.15, -0.1) is 11.8 Å². The molecule has 0 fully saturated rings. The highest BCUT2D eigenvalue weighted by Crippen LogP contribution is 2.48. The van der Waals surface area contributed by atoms with E-state index in [9.17, 15) is 4.79 Å². The number of aromatic nitrogens is 2. The van der Waals surface area contributed by atoms with Crippen molar-refractivity contribution >= 4 is 51.8 Å². The number of benzene rings is 3. The fraction of sp³-hybridized carbons (Fsp3) is 0.278. The molecule has 3 heterocycles. The number of carbonyl (C=O) groups is 1. The van der Waals surface area contributed by atoms with Crippen molar-refractivity contribution in [2.45, 2.75) is 56.9 Å². The van der Waals surface area contributed by atoms with Gasteiger partial charge in [0.1, 0.15) is 12.4 Å². The lowest BCUT2D eigenvalue weighted by Crippen LogP contribution is -2.29. The molecule has 0 saturated heterocycles. The average molecular weight is 646 g/mol. The fourth-order valence-corrected chi connectivity index (χ4v) is 7.66. The maximum atomic E-state index is 12.8. The highest BCUT2D eigenvalue weighted by Gasteiger charge is 2.35. The molecule has 5 nitrogen and oxygen atoms in total. The van der Waals surface area contributed by atoms with Crippen LogP contribution in [0, 0.1) is 5.41 Å². The van der Waals surface area contributed by atoms with E-state index in [-0.39, 0.29) is 5.97 Å². The minimum atomic E-state index is -0.699. The Morgan fingerprint density at radius 3 is 2.52 bits per heavy atom. The Morgan fingerprint density at radius 2 is 1.82 bits per heavy atom. The van der Waals surface area contributed by atoms with Crippen LogP contribution in [0.4, 0.5) is 0 Å². The van der Waals surface area contributed by atoms with Crippen LogP contribution < -0.4 is 4.74 Å². The minimum Gasteiger partial charge on any atom is -0.487 e. The smallest absolute Gasteiger partial charge is 0.311 e. The number of carbonyl (C=O) groups excluding carboxylic acids is 1. The first-order chi connectivity index (χ1) is 21.1. The Morgan fingerprint density at radius 1 is 1.07 bits per heavy atom. The Bertz CT molecular complexity index is 1830. The molecule has 1 aliphatic rings. The van der Waals surface area contributed by atoms with Gasteiger partial charge >= 0.3 is 5.97 Å². The summed E-state index contributed by atoms with van der Waals surface area (Å²) in [5.74, 6) is 0.619. The molecule has 1 atom stereocenters. The number of ether oxygens (including phenoxy) is 2. The lowest BCUT2D eigenvalue weighted by Gasteiger charge is -2.25. The number of esters is 1. The number of thioether (sulfide) groups is 1. The molecule has 0 aliphatic carbocycles. The van der Waals surface area contributed by atoms with Crippen LogP contribution in [0.25, 0.3) is 22.0 Å². The van der Waals surface area contributed by atoms with Gasteiger partial charge in [-0.25, -0.2) is 0 Å². The first-order valence-corrected chi connectivity index (χ1v) is 16.3. The number of hydrogen-bond donors (Lipinski definition) is 0. The van der Waals surface area contributed by atoms with E-state index in [1.165, 1.54) is 23.0 Å². The lowest BCUT2D eigenvalue weighted by atomic mass is 9.87. The Balaban J connectivity index is 1.39. The summed E-state index contributed by atoms with van der Waals surface area (Å²) >= 11 is 14.7. The van der Waals surface area contributed by atoms with E-state index >= 15 is 0 Å². The standard InChI is InChI=1S/C36H34Cl2N2O3S/c1-22-16-27-32(43-21-26-17-29(38)28(19-39-26)24-8-6-5-7-9-24)15-14-30-33(27)34(44-22)31(18-36(2,3)35(41)42-4)40(30)20-23-10-12-25(37)13-11-23/h5-15,17,19,22H,16,18,20-21H2,1-4H3. The topological polar surface area (TPSA) is 53.4 Å². The van der Waals surface area contributed by atoms with Gasteiger partial charge in [0.25, 0.3) is 0 Å². The molecule has 0 saturated carbocycles. The summed E-state index contributed by atoms with van der Waals surface area (Å²) in [5.41, 5.74) is 6.56. The molecule has 0 radical (unpaired) electrons. The molecule has 226 valence electrons. The molecule has 0 amide bonds. The largest absolute Gasteiger partial charge is 0.487 e. The van der Waals surface area contributed by atoms with E-state index in [0.717, 1.165) is 45.8 Å². The van der Waals surface area contributed by atoms with Crippen molar-refractivity contribution in [3.05, 3.63) is 112 Å². The third-order valence-corrected chi connectivity index (χ3v) is 9.95. The zero-order chi connectivity index (χ0) is 31.0. The summed E-state index contributed by atoms with van der Waals surface area (Å²) in [6.45, 7) is 7.10. The van der Waals surface area contributed by atoms with Crippen molar-refractivity contribution in [1.82, 2.24) is 9.55 Å². The van der Waals surface area contributed by atoms with Gasteiger partial charge in [-0.1, -0.05) is 72.6 Å². The Labute approximate surface area is 272 Å². The molecule has 5 aromatic rings. The van der Waals surface area contributed by atoms with Gasteiger partial charge < -0.3 is 14.0 Å². The summed E-state index contributed by atoms with van der Waals surface area (Å²) < 4.78 is 14.0. The predicted molar refractivity (Wildman–Crippen MR) is 180 cm³/mol. The summed E-state index contributed by atoms with van der Waals surface area (Å²) in [7, 11) is 1.45. The molecule has 2 aromatic heterocycles. The number of hydrogen-bond acceptors (Lipinski definition) is 5. The molecular formula is C36H34Cl2N2O3S. The van der Waals surface area contributed by atoms with E-state index in [0.29, 0.717) is 34.9 Å². The minimum absolute atomic E-state index is 0.226. The average Bonchev–Trinajstić information content (AvgIpc) is 3.29. The third kappa shape index (κ3) is 6.08. The predicted octanol–water partition coefficient (Wildman–Crippen LogP) is 9.42. The molecule has 1 aliphatic heterocycles. The van der Waals surface area contributed by atoms with Gasteiger partial charge in [0.05, 0.1) is 28.8 Å². The molecule has 1 unspecified atom stereocenters. The van der Waals surface area contributed by atoms with Crippen molar-refractivity contribution < 1.29 is 14.3 Å². The molecule has 6 rings (SSSR count). The fourth-order valence-electron chi connectivity index (χ4n) is 5.93. The molecular weight excluding hydrogens is 611 g/mol.